The fraction of sp³-hybridized carbons (Fsp3) is 0.600. The molecule has 0 saturated heterocycles. The quantitative estimate of drug-likeness (QED) is 0.756. The highest BCUT2D eigenvalue weighted by Gasteiger charge is 2.48. The molecular formula is C15H24N5+. The molecule has 0 aromatic heterocycles. The molecule has 3 aliphatic heterocycles. The molecule has 2 N–H and O–H groups in total. The minimum absolute atomic E-state index is 0.555. The molecule has 0 saturated carbocycles. The van der Waals surface area contributed by atoms with Crippen molar-refractivity contribution in [3.8, 4) is 0 Å². The summed E-state index contributed by atoms with van der Waals surface area (Å²) in [5.74, 6) is 2.78. The molecule has 0 fully saturated rings. The van der Waals surface area contributed by atoms with Gasteiger partial charge in [0, 0.05) is 6.20 Å². The third kappa shape index (κ3) is 2.16. The molecule has 0 spiro atoms. The Morgan fingerprint density at radius 2 is 2.25 bits per heavy atom. The van der Waals surface area contributed by atoms with Gasteiger partial charge in [-0.2, -0.15) is 4.99 Å². The Morgan fingerprint density at radius 1 is 1.40 bits per heavy atom. The second-order valence-corrected chi connectivity index (χ2v) is 6.10. The molecule has 108 valence electrons. The third-order valence-electron chi connectivity index (χ3n) is 3.90. The zero-order chi connectivity index (χ0) is 14.2. The van der Waals surface area contributed by atoms with Crippen molar-refractivity contribution in [3.05, 3.63) is 23.7 Å². The molecule has 5 nitrogen and oxygen atoms in total. The fourth-order valence-electron chi connectivity index (χ4n) is 2.91. The molecule has 5 heteroatoms. The zero-order valence-electron chi connectivity index (χ0n) is 12.6. The van der Waals surface area contributed by atoms with Crippen LogP contribution in [0.25, 0.3) is 0 Å². The molecule has 20 heavy (non-hydrogen) atoms. The summed E-state index contributed by atoms with van der Waals surface area (Å²) in [5.41, 5.74) is 2.32. The summed E-state index contributed by atoms with van der Waals surface area (Å²) in [5, 5.41) is 11.4. The number of hydrogen-bond donors (Lipinski definition) is 2. The molecule has 0 aromatic rings. The Hall–Kier alpha value is -1.62. The average Bonchev–Trinajstić information content (AvgIpc) is 2.89. The molecule has 0 bridgehead atoms. The van der Waals surface area contributed by atoms with Gasteiger partial charge >= 0.3 is 0 Å². The fourth-order valence-corrected chi connectivity index (χ4v) is 2.91. The van der Waals surface area contributed by atoms with E-state index < -0.39 is 0 Å². The van der Waals surface area contributed by atoms with E-state index in [2.05, 4.69) is 37.6 Å². The van der Waals surface area contributed by atoms with Crippen molar-refractivity contribution in [2.45, 2.75) is 40.0 Å². The standard InChI is InChI=1S/C15H24N5/c1-4-7-20-9-12(6-5-11(2)3)18-15(20)13-8-16-10-17-14(13)19-20/h8-9,11,16H,4-7,10H2,1-3H3,(H,17,19)/q+1. The van der Waals surface area contributed by atoms with Gasteiger partial charge in [0.05, 0.1) is 6.67 Å². The summed E-state index contributed by atoms with van der Waals surface area (Å²) >= 11 is 0. The highest BCUT2D eigenvalue weighted by atomic mass is 15.7. The van der Waals surface area contributed by atoms with Gasteiger partial charge in [-0.25, -0.2) is 0 Å². The first kappa shape index (κ1) is 13.4. The molecule has 0 radical (unpaired) electrons. The smallest absolute Gasteiger partial charge is 0.272 e. The summed E-state index contributed by atoms with van der Waals surface area (Å²) < 4.78 is 0.555. The number of aliphatic imine (C=N–C) groups is 1. The Morgan fingerprint density at radius 3 is 3.00 bits per heavy atom. The van der Waals surface area contributed by atoms with Crippen LogP contribution < -0.4 is 10.6 Å². The molecule has 1 unspecified atom stereocenters. The van der Waals surface area contributed by atoms with Crippen molar-refractivity contribution in [1.29, 1.82) is 0 Å². The highest BCUT2D eigenvalue weighted by molar-refractivity contribution is 6.23. The highest BCUT2D eigenvalue weighted by Crippen LogP contribution is 2.34. The van der Waals surface area contributed by atoms with Crippen LogP contribution in [0.3, 0.4) is 0 Å². The Labute approximate surface area is 120 Å². The van der Waals surface area contributed by atoms with Crippen LogP contribution in [0.2, 0.25) is 0 Å². The van der Waals surface area contributed by atoms with E-state index in [9.17, 15) is 0 Å². The first-order valence-electron chi connectivity index (χ1n) is 7.62. The van der Waals surface area contributed by atoms with E-state index in [4.69, 9.17) is 10.1 Å². The largest absolute Gasteiger partial charge is 0.373 e. The lowest BCUT2D eigenvalue weighted by Crippen LogP contribution is -2.40. The monoisotopic (exact) mass is 274 g/mol. The van der Waals surface area contributed by atoms with Crippen LogP contribution in [-0.2, 0) is 0 Å². The normalized spacial score (nSPS) is 27.0. The molecule has 3 rings (SSSR count). The number of amidine groups is 2. The number of quaternary nitrogens is 1. The molecule has 0 aromatic carbocycles. The van der Waals surface area contributed by atoms with Crippen LogP contribution in [0.4, 0.5) is 0 Å². The Balaban J connectivity index is 1.90. The van der Waals surface area contributed by atoms with Crippen LogP contribution in [0.1, 0.15) is 40.0 Å². The summed E-state index contributed by atoms with van der Waals surface area (Å²) in [6.45, 7) is 8.44. The lowest BCUT2D eigenvalue weighted by atomic mass is 10.1. The van der Waals surface area contributed by atoms with Crippen LogP contribution in [0.15, 0.2) is 33.8 Å². The molecular weight excluding hydrogens is 250 g/mol. The second-order valence-electron chi connectivity index (χ2n) is 6.10. The first-order valence-corrected chi connectivity index (χ1v) is 7.62. The minimum Gasteiger partial charge on any atom is -0.373 e. The average molecular weight is 274 g/mol. The van der Waals surface area contributed by atoms with Crippen molar-refractivity contribution < 1.29 is 4.59 Å². The van der Waals surface area contributed by atoms with Crippen molar-refractivity contribution in [2.75, 3.05) is 13.2 Å². The zero-order valence-corrected chi connectivity index (χ0v) is 12.6. The summed E-state index contributed by atoms with van der Waals surface area (Å²) in [6, 6.07) is 0. The molecule has 3 aliphatic rings. The maximum Gasteiger partial charge on any atom is 0.272 e. The lowest BCUT2D eigenvalue weighted by molar-refractivity contribution is -0.789. The van der Waals surface area contributed by atoms with Crippen LogP contribution in [0, 0.1) is 5.92 Å². The van der Waals surface area contributed by atoms with Crippen LogP contribution in [0.5, 0.6) is 0 Å². The van der Waals surface area contributed by atoms with Crippen LogP contribution in [-0.4, -0.2) is 29.5 Å². The van der Waals surface area contributed by atoms with E-state index in [1.165, 1.54) is 12.1 Å². The molecule has 3 heterocycles. The van der Waals surface area contributed by atoms with Gasteiger partial charge in [-0.15, -0.1) is 4.59 Å². The molecule has 0 amide bonds. The lowest BCUT2D eigenvalue weighted by Gasteiger charge is -2.19. The summed E-state index contributed by atoms with van der Waals surface area (Å²) in [6.07, 6.45) is 7.60. The first-order chi connectivity index (χ1) is 9.64. The van der Waals surface area contributed by atoms with E-state index in [1.54, 1.807) is 0 Å². The van der Waals surface area contributed by atoms with Crippen molar-refractivity contribution in [1.82, 2.24) is 10.6 Å². The van der Waals surface area contributed by atoms with E-state index >= 15 is 0 Å². The maximum absolute atomic E-state index is 4.90. The van der Waals surface area contributed by atoms with Gasteiger partial charge in [0.25, 0.3) is 5.84 Å². The van der Waals surface area contributed by atoms with E-state index in [1.807, 2.05) is 6.20 Å². The van der Waals surface area contributed by atoms with Crippen molar-refractivity contribution >= 4 is 11.7 Å². The number of hydrogen-bond acceptors (Lipinski definition) is 4. The minimum atomic E-state index is 0.555. The SMILES string of the molecule is CCC[N+]12C=C(CCC(C)C)N=C1C1=CNCNC1=N2. The predicted octanol–water partition coefficient (Wildman–Crippen LogP) is 2.26. The maximum atomic E-state index is 4.90. The van der Waals surface area contributed by atoms with Gasteiger partial charge in [-0.1, -0.05) is 25.9 Å². The van der Waals surface area contributed by atoms with Gasteiger partial charge in [-0.3, -0.25) is 0 Å². The number of allylic oxidation sites excluding steroid dienone is 1. The van der Waals surface area contributed by atoms with Gasteiger partial charge < -0.3 is 10.6 Å². The van der Waals surface area contributed by atoms with Crippen LogP contribution >= 0.6 is 0 Å². The summed E-state index contributed by atoms with van der Waals surface area (Å²) in [7, 11) is 0. The van der Waals surface area contributed by atoms with Gasteiger partial charge in [0.2, 0.25) is 5.84 Å². The Bertz CT molecular complexity index is 526. The van der Waals surface area contributed by atoms with E-state index in [-0.39, 0.29) is 0 Å². The van der Waals surface area contributed by atoms with Gasteiger partial charge in [0.1, 0.15) is 17.8 Å². The van der Waals surface area contributed by atoms with Crippen molar-refractivity contribution in [3.63, 3.8) is 0 Å². The predicted molar refractivity (Wildman–Crippen MR) is 81.7 cm³/mol. The van der Waals surface area contributed by atoms with Crippen molar-refractivity contribution in [2.24, 2.45) is 16.0 Å². The number of fused-ring (bicyclic) bond motifs is 3. The number of rotatable bonds is 5. The Kier molecular flexibility index (Phi) is 3.38. The third-order valence-corrected chi connectivity index (χ3v) is 3.90. The van der Waals surface area contributed by atoms with Gasteiger partial charge in [-0.05, 0) is 25.2 Å². The van der Waals surface area contributed by atoms with Gasteiger partial charge in [0.15, 0.2) is 6.20 Å². The topological polar surface area (TPSA) is 48.8 Å². The number of nitrogens with one attached hydrogen (secondary N) is 2. The number of nitrogens with zero attached hydrogens (tertiary/aromatic N) is 3. The van der Waals surface area contributed by atoms with E-state index in [0.29, 0.717) is 10.5 Å². The molecule has 1 atom stereocenters. The summed E-state index contributed by atoms with van der Waals surface area (Å²) in [4.78, 5) is 4.88. The second kappa shape index (κ2) is 5.05. The molecule has 0 aliphatic carbocycles. The van der Waals surface area contributed by atoms with E-state index in [0.717, 1.165) is 43.3 Å².